The fourth-order valence-electron chi connectivity index (χ4n) is 0. The van der Waals surface area contributed by atoms with Gasteiger partial charge in [0.15, 0.2) is 0 Å². The second-order valence-corrected chi connectivity index (χ2v) is 2.12. The zero-order chi connectivity index (χ0) is 18.1. The maximum atomic E-state index is 2.12. The first-order valence-electron chi connectivity index (χ1n) is 9.24. The van der Waals surface area contributed by atoms with Crippen molar-refractivity contribution in [1.29, 1.82) is 0 Å². The van der Waals surface area contributed by atoms with E-state index in [9.17, 15) is 0 Å². The van der Waals surface area contributed by atoms with Gasteiger partial charge in [-0.15, -0.1) is 0 Å². The third kappa shape index (κ3) is 0. The van der Waals surface area contributed by atoms with Gasteiger partial charge in [0, 0.05) is 0 Å². The lowest BCUT2D eigenvalue weighted by Crippen LogP contribution is -1.27. The lowest BCUT2D eigenvalue weighted by Gasteiger charge is -1.48. The molecule has 130 valence electrons. The van der Waals surface area contributed by atoms with Gasteiger partial charge in [-0.2, -0.15) is 0 Å². The smallest absolute Gasteiger partial charge is 0.0590 e. The van der Waals surface area contributed by atoms with Crippen LogP contribution in [-0.2, 0) is 0 Å². The quantitative estimate of drug-likeness (QED) is 0.415. The zero-order valence-corrected chi connectivity index (χ0v) is 18.1. The van der Waals surface area contributed by atoms with Gasteiger partial charge < -0.3 is 0 Å². The summed E-state index contributed by atoms with van der Waals surface area (Å²) in [7, 11) is 0. The number of rotatable bonds is 0. The fourth-order valence-corrected chi connectivity index (χ4v) is 0. The van der Waals surface area contributed by atoms with Crippen LogP contribution >= 0.6 is 0 Å². The second-order valence-electron chi connectivity index (χ2n) is 2.12. The van der Waals surface area contributed by atoms with Crippen molar-refractivity contribution in [3.63, 3.8) is 0 Å². The molecule has 0 bridgehead atoms. The average molecular weight is 283 g/mol. The van der Waals surface area contributed by atoms with Gasteiger partial charge in [-0.25, -0.2) is 0 Å². The van der Waals surface area contributed by atoms with Gasteiger partial charge in [0.25, 0.3) is 0 Å². The third-order valence-electron chi connectivity index (χ3n) is 0. The van der Waals surface area contributed by atoms with Crippen molar-refractivity contribution in [2.45, 2.75) is 130 Å². The Morgan fingerprint density at radius 3 is 0.263 bits per heavy atom. The summed E-state index contributed by atoms with van der Waals surface area (Å²) in [5.74, 6) is 0. The molecule has 0 unspecified atom stereocenters. The van der Waals surface area contributed by atoms with Crippen LogP contribution in [0, 0.1) is 0 Å². The lowest BCUT2D eigenvalue weighted by molar-refractivity contribution is 1.09. The van der Waals surface area contributed by atoms with E-state index in [1.165, 1.54) is 19.3 Å². The van der Waals surface area contributed by atoms with Crippen molar-refractivity contribution in [2.75, 3.05) is 0 Å². The molecule has 0 N–H and O–H groups in total. The summed E-state index contributed by atoms with van der Waals surface area (Å²) in [6.45, 7) is 32.8. The van der Waals surface area contributed by atoms with Crippen molar-refractivity contribution in [3.8, 4) is 0 Å². The van der Waals surface area contributed by atoms with Gasteiger partial charge in [-0.05, 0) is 0 Å². The Balaban J connectivity index is -0.0000000123. The summed E-state index contributed by atoms with van der Waals surface area (Å²) in [5, 5.41) is 0. The number of hydrogen-bond acceptors (Lipinski definition) is 0. The summed E-state index contributed by atoms with van der Waals surface area (Å²) in [6, 6.07) is 0. The van der Waals surface area contributed by atoms with Crippen LogP contribution < -0.4 is 0 Å². The molecule has 0 saturated heterocycles. The molecule has 0 aliphatic heterocycles. The molecule has 0 fully saturated rings. The molecular weight excluding hydrogens is 228 g/mol. The number of hydrogen-bond donors (Lipinski definition) is 0. The van der Waals surface area contributed by atoms with E-state index in [0.29, 0.717) is 0 Å². The van der Waals surface area contributed by atoms with Gasteiger partial charge >= 0.3 is 0 Å². The van der Waals surface area contributed by atoms with Gasteiger partial charge in [-0.3, -0.25) is 0 Å². The fraction of sp³-hybridized carbons (Fsp3) is 1.00. The topological polar surface area (TPSA) is 0 Å². The Labute approximate surface area is 130 Å². The molecule has 0 heterocycles. The van der Waals surface area contributed by atoms with Crippen LogP contribution in [0.25, 0.3) is 0 Å². The van der Waals surface area contributed by atoms with Crippen LogP contribution in [-0.4, -0.2) is 0 Å². The van der Waals surface area contributed by atoms with E-state index in [1.54, 1.807) is 0 Å². The standard InChI is InChI=1S/3C3H8.5C2H6/c3*1-3-2;5*1-2/h3*3H2,1-2H3;5*1-2H3. The zero-order valence-electron chi connectivity index (χ0n) is 18.1. The highest BCUT2D eigenvalue weighted by Crippen LogP contribution is 1.56. The Morgan fingerprint density at radius 2 is 0.263 bits per heavy atom. The molecule has 0 amide bonds. The molecule has 0 atom stereocenters. The highest BCUT2D eigenvalue weighted by molar-refractivity contribution is 3.92. The van der Waals surface area contributed by atoms with E-state index in [1.807, 2.05) is 69.2 Å². The van der Waals surface area contributed by atoms with Crippen molar-refractivity contribution >= 4 is 0 Å². The van der Waals surface area contributed by atoms with Crippen molar-refractivity contribution < 1.29 is 0 Å². The Hall–Kier alpha value is 0. The van der Waals surface area contributed by atoms with Gasteiger partial charge in [-0.1, -0.05) is 130 Å². The molecule has 0 radical (unpaired) electrons. The van der Waals surface area contributed by atoms with Crippen LogP contribution in [0.15, 0.2) is 0 Å². The SMILES string of the molecule is CC.CC.CC.CC.CC.CCC.CCC.CCC. The Morgan fingerprint density at radius 1 is 0.263 bits per heavy atom. The third-order valence-corrected chi connectivity index (χ3v) is 0. The molecule has 0 rings (SSSR count). The van der Waals surface area contributed by atoms with Crippen molar-refractivity contribution in [3.05, 3.63) is 0 Å². The van der Waals surface area contributed by atoms with E-state index < -0.39 is 0 Å². The summed E-state index contributed by atoms with van der Waals surface area (Å²) >= 11 is 0. The minimum absolute atomic E-state index is 1.25. The first-order chi connectivity index (χ1) is 9.24. The van der Waals surface area contributed by atoms with Crippen molar-refractivity contribution in [1.82, 2.24) is 0 Å². The van der Waals surface area contributed by atoms with Gasteiger partial charge in [0.05, 0.1) is 0 Å². The van der Waals surface area contributed by atoms with E-state index in [0.717, 1.165) is 0 Å². The van der Waals surface area contributed by atoms with Crippen LogP contribution in [0.3, 0.4) is 0 Å². The normalized spacial score (nSPS) is 4.42. The first kappa shape index (κ1) is 50.9. The maximum absolute atomic E-state index is 2.12. The second kappa shape index (κ2) is 578. The molecular formula is C19H54. The molecule has 0 aromatic rings. The van der Waals surface area contributed by atoms with E-state index in [2.05, 4.69) is 41.5 Å². The van der Waals surface area contributed by atoms with Crippen LogP contribution in [0.2, 0.25) is 0 Å². The van der Waals surface area contributed by atoms with Crippen LogP contribution in [0.5, 0.6) is 0 Å². The molecule has 0 saturated carbocycles. The molecule has 0 nitrogen and oxygen atoms in total. The summed E-state index contributed by atoms with van der Waals surface area (Å²) in [6.07, 6.45) is 3.75. The minimum atomic E-state index is 1.25. The maximum Gasteiger partial charge on any atom is -0.0590 e. The van der Waals surface area contributed by atoms with Crippen molar-refractivity contribution in [2.24, 2.45) is 0 Å². The highest BCUT2D eigenvalue weighted by Gasteiger charge is 1.36. The lowest BCUT2D eigenvalue weighted by atomic mass is 10.6. The molecule has 0 aromatic heterocycles. The molecule has 0 aromatic carbocycles. The van der Waals surface area contributed by atoms with Gasteiger partial charge in [0.1, 0.15) is 0 Å². The van der Waals surface area contributed by atoms with Crippen LogP contribution in [0.1, 0.15) is 130 Å². The summed E-state index contributed by atoms with van der Waals surface area (Å²) in [4.78, 5) is 0. The van der Waals surface area contributed by atoms with E-state index in [-0.39, 0.29) is 0 Å². The van der Waals surface area contributed by atoms with E-state index in [4.69, 9.17) is 0 Å². The molecule has 0 spiro atoms. The van der Waals surface area contributed by atoms with E-state index >= 15 is 0 Å². The summed E-state index contributed by atoms with van der Waals surface area (Å²) < 4.78 is 0. The Bertz CT molecular complexity index is 4.75. The monoisotopic (exact) mass is 282 g/mol. The molecule has 0 heteroatoms. The largest absolute Gasteiger partial charge is 0.0683 e. The molecule has 0 aliphatic carbocycles. The molecule has 19 heavy (non-hydrogen) atoms. The Kier molecular flexibility index (Phi) is 1550. The summed E-state index contributed by atoms with van der Waals surface area (Å²) in [5.41, 5.74) is 0. The predicted molar refractivity (Wildman–Crippen MR) is 105 cm³/mol. The minimum Gasteiger partial charge on any atom is -0.0683 e. The first-order valence-corrected chi connectivity index (χ1v) is 9.24. The molecule has 0 aliphatic rings. The van der Waals surface area contributed by atoms with Gasteiger partial charge in [0.2, 0.25) is 0 Å². The predicted octanol–water partition coefficient (Wildman–Crippen LogP) is 9.38. The average Bonchev–Trinajstić information content (AvgIpc) is 2.51. The highest BCUT2D eigenvalue weighted by atomic mass is 13.4. The van der Waals surface area contributed by atoms with Crippen LogP contribution in [0.4, 0.5) is 0 Å².